The summed E-state index contributed by atoms with van der Waals surface area (Å²) >= 11 is 0. The summed E-state index contributed by atoms with van der Waals surface area (Å²) in [6.07, 6.45) is 5.20. The van der Waals surface area contributed by atoms with Gasteiger partial charge in [-0.05, 0) is 25.0 Å². The van der Waals surface area contributed by atoms with E-state index in [0.717, 1.165) is 32.1 Å². The number of benzene rings is 1. The minimum Gasteiger partial charge on any atom is -0.493 e. The number of aromatic carboxylic acids is 1. The highest BCUT2D eigenvalue weighted by atomic mass is 16.5. The monoisotopic (exact) mass is 280 g/mol. The van der Waals surface area contributed by atoms with Gasteiger partial charge in [-0.3, -0.25) is 0 Å². The Morgan fingerprint density at radius 3 is 2.00 bits per heavy atom. The summed E-state index contributed by atoms with van der Waals surface area (Å²) in [4.78, 5) is 11.1. The van der Waals surface area contributed by atoms with Gasteiger partial charge < -0.3 is 14.6 Å². The fourth-order valence-corrected chi connectivity index (χ4v) is 1.74. The van der Waals surface area contributed by atoms with Gasteiger partial charge in [0.05, 0.1) is 18.8 Å². The second-order valence-corrected chi connectivity index (χ2v) is 4.76. The third-order valence-corrected chi connectivity index (χ3v) is 2.91. The molecule has 0 bridgehead atoms. The number of hydrogen-bond acceptors (Lipinski definition) is 3. The molecular formula is C16H24O4. The van der Waals surface area contributed by atoms with Gasteiger partial charge in [-0.15, -0.1) is 0 Å². The molecule has 0 aliphatic carbocycles. The zero-order valence-corrected chi connectivity index (χ0v) is 12.4. The summed E-state index contributed by atoms with van der Waals surface area (Å²) in [6.45, 7) is 5.41. The summed E-state index contributed by atoms with van der Waals surface area (Å²) in [5, 5.41) is 9.10. The predicted molar refractivity (Wildman–Crippen MR) is 78.8 cm³/mol. The van der Waals surface area contributed by atoms with Crippen LogP contribution in [0.4, 0.5) is 0 Å². The summed E-state index contributed by atoms with van der Waals surface area (Å²) < 4.78 is 11.2. The van der Waals surface area contributed by atoms with E-state index in [0.29, 0.717) is 24.7 Å². The number of carbonyl (C=O) groups is 1. The molecule has 0 fully saturated rings. The van der Waals surface area contributed by atoms with Gasteiger partial charge in [0.2, 0.25) is 0 Å². The third-order valence-electron chi connectivity index (χ3n) is 2.91. The van der Waals surface area contributed by atoms with Crippen molar-refractivity contribution in [1.82, 2.24) is 0 Å². The van der Waals surface area contributed by atoms with Crippen LogP contribution in [0.5, 0.6) is 11.5 Å². The molecule has 0 saturated heterocycles. The molecule has 20 heavy (non-hydrogen) atoms. The second-order valence-electron chi connectivity index (χ2n) is 4.76. The van der Waals surface area contributed by atoms with Gasteiger partial charge in [0, 0.05) is 6.07 Å². The first kappa shape index (κ1) is 16.3. The molecule has 0 atom stereocenters. The molecule has 1 aromatic carbocycles. The van der Waals surface area contributed by atoms with Crippen molar-refractivity contribution in [3.05, 3.63) is 23.8 Å². The maximum atomic E-state index is 11.1. The lowest BCUT2D eigenvalue weighted by atomic mass is 10.2. The minimum absolute atomic E-state index is 0.199. The van der Waals surface area contributed by atoms with E-state index in [-0.39, 0.29) is 5.56 Å². The van der Waals surface area contributed by atoms with E-state index in [1.54, 1.807) is 12.1 Å². The maximum Gasteiger partial charge on any atom is 0.335 e. The van der Waals surface area contributed by atoms with Crippen LogP contribution in [-0.4, -0.2) is 24.3 Å². The SMILES string of the molecule is CCCCCOc1cc(OCCCC)cc(C(=O)O)c1. The fourth-order valence-electron chi connectivity index (χ4n) is 1.74. The summed E-state index contributed by atoms with van der Waals surface area (Å²) in [7, 11) is 0. The largest absolute Gasteiger partial charge is 0.493 e. The smallest absolute Gasteiger partial charge is 0.335 e. The van der Waals surface area contributed by atoms with Crippen LogP contribution in [0.1, 0.15) is 56.3 Å². The minimum atomic E-state index is -0.968. The number of carboxylic acid groups (broad SMARTS) is 1. The molecule has 0 spiro atoms. The zero-order valence-electron chi connectivity index (χ0n) is 12.4. The number of hydrogen-bond donors (Lipinski definition) is 1. The molecule has 0 heterocycles. The van der Waals surface area contributed by atoms with E-state index in [2.05, 4.69) is 13.8 Å². The first-order chi connectivity index (χ1) is 9.67. The molecule has 4 nitrogen and oxygen atoms in total. The van der Waals surface area contributed by atoms with Crippen LogP contribution in [-0.2, 0) is 0 Å². The van der Waals surface area contributed by atoms with Crippen molar-refractivity contribution in [3.63, 3.8) is 0 Å². The standard InChI is InChI=1S/C16H24O4/c1-3-5-7-9-20-15-11-13(16(17)18)10-14(12-15)19-8-6-4-2/h10-12H,3-9H2,1-2H3,(H,17,18). The molecule has 112 valence electrons. The van der Waals surface area contributed by atoms with E-state index in [1.165, 1.54) is 6.07 Å². The lowest BCUT2D eigenvalue weighted by Gasteiger charge is -2.11. The van der Waals surface area contributed by atoms with Crippen LogP contribution in [0.2, 0.25) is 0 Å². The Labute approximate surface area is 120 Å². The third kappa shape index (κ3) is 5.95. The van der Waals surface area contributed by atoms with Crippen molar-refractivity contribution in [2.75, 3.05) is 13.2 Å². The molecule has 0 radical (unpaired) electrons. The molecule has 0 aromatic heterocycles. The lowest BCUT2D eigenvalue weighted by Crippen LogP contribution is -2.03. The van der Waals surface area contributed by atoms with E-state index in [1.807, 2.05) is 0 Å². The zero-order chi connectivity index (χ0) is 14.8. The van der Waals surface area contributed by atoms with Crippen molar-refractivity contribution in [2.45, 2.75) is 46.0 Å². The van der Waals surface area contributed by atoms with E-state index >= 15 is 0 Å². The van der Waals surface area contributed by atoms with Gasteiger partial charge in [-0.25, -0.2) is 4.79 Å². The predicted octanol–water partition coefficient (Wildman–Crippen LogP) is 4.13. The maximum absolute atomic E-state index is 11.1. The average molecular weight is 280 g/mol. The molecule has 1 aromatic rings. The molecule has 4 heteroatoms. The highest BCUT2D eigenvalue weighted by Crippen LogP contribution is 2.23. The van der Waals surface area contributed by atoms with Crippen molar-refractivity contribution in [3.8, 4) is 11.5 Å². The Bertz CT molecular complexity index is 415. The molecule has 0 aliphatic rings. The van der Waals surface area contributed by atoms with Gasteiger partial charge in [-0.1, -0.05) is 33.1 Å². The van der Waals surface area contributed by atoms with E-state index in [9.17, 15) is 4.79 Å². The fraction of sp³-hybridized carbons (Fsp3) is 0.562. The van der Waals surface area contributed by atoms with Gasteiger partial charge in [-0.2, -0.15) is 0 Å². The molecule has 1 N–H and O–H groups in total. The van der Waals surface area contributed by atoms with Crippen molar-refractivity contribution in [1.29, 1.82) is 0 Å². The van der Waals surface area contributed by atoms with Gasteiger partial charge >= 0.3 is 5.97 Å². The Morgan fingerprint density at radius 2 is 1.50 bits per heavy atom. The van der Waals surface area contributed by atoms with Crippen LogP contribution < -0.4 is 9.47 Å². The average Bonchev–Trinajstić information content (AvgIpc) is 2.44. The van der Waals surface area contributed by atoms with Gasteiger partial charge in [0.25, 0.3) is 0 Å². The summed E-state index contributed by atoms with van der Waals surface area (Å²) in [6, 6.07) is 4.84. The number of rotatable bonds is 10. The number of unbranched alkanes of at least 4 members (excludes halogenated alkanes) is 3. The van der Waals surface area contributed by atoms with Crippen LogP contribution in [0, 0.1) is 0 Å². The Morgan fingerprint density at radius 1 is 0.950 bits per heavy atom. The van der Waals surface area contributed by atoms with Gasteiger partial charge in [0.15, 0.2) is 0 Å². The Hall–Kier alpha value is -1.71. The second kappa shape index (κ2) is 9.23. The molecule has 0 saturated carbocycles. The van der Waals surface area contributed by atoms with Crippen molar-refractivity contribution < 1.29 is 19.4 Å². The summed E-state index contributed by atoms with van der Waals surface area (Å²) in [5.74, 6) is 0.153. The topological polar surface area (TPSA) is 55.8 Å². The van der Waals surface area contributed by atoms with Crippen molar-refractivity contribution >= 4 is 5.97 Å². The highest BCUT2D eigenvalue weighted by Gasteiger charge is 2.09. The van der Waals surface area contributed by atoms with Crippen molar-refractivity contribution in [2.24, 2.45) is 0 Å². The van der Waals surface area contributed by atoms with Gasteiger partial charge in [0.1, 0.15) is 11.5 Å². The highest BCUT2D eigenvalue weighted by molar-refractivity contribution is 5.88. The van der Waals surface area contributed by atoms with Crippen LogP contribution >= 0.6 is 0 Å². The van der Waals surface area contributed by atoms with Crippen LogP contribution in [0.25, 0.3) is 0 Å². The number of carboxylic acids is 1. The molecule has 0 unspecified atom stereocenters. The molecule has 1 rings (SSSR count). The van der Waals surface area contributed by atoms with Crippen LogP contribution in [0.3, 0.4) is 0 Å². The van der Waals surface area contributed by atoms with E-state index in [4.69, 9.17) is 14.6 Å². The number of ether oxygens (including phenoxy) is 2. The molecule has 0 aliphatic heterocycles. The lowest BCUT2D eigenvalue weighted by molar-refractivity contribution is 0.0695. The Kier molecular flexibility index (Phi) is 7.55. The van der Waals surface area contributed by atoms with Crippen LogP contribution in [0.15, 0.2) is 18.2 Å². The first-order valence-electron chi connectivity index (χ1n) is 7.31. The van der Waals surface area contributed by atoms with E-state index < -0.39 is 5.97 Å². The normalized spacial score (nSPS) is 10.3. The quantitative estimate of drug-likeness (QED) is 0.655. The summed E-state index contributed by atoms with van der Waals surface area (Å²) in [5.41, 5.74) is 0.199. The molecule has 0 amide bonds. The molecular weight excluding hydrogens is 256 g/mol. The Balaban J connectivity index is 2.68. The first-order valence-corrected chi connectivity index (χ1v) is 7.31.